The molecule has 2 heteroatoms. The molecule has 1 heterocycles. The standard InChI is InChI=1S/C8H15NO/c1-7-4-9-5-8(2-3-8)6-10-7/h7,9H,2-6H2,1H3/t7-/m1/s1. The maximum atomic E-state index is 5.62. The molecule has 0 aromatic heterocycles. The molecule has 10 heavy (non-hydrogen) atoms. The molecule has 1 N–H and O–H groups in total. The summed E-state index contributed by atoms with van der Waals surface area (Å²) in [5.74, 6) is 0. The van der Waals surface area contributed by atoms with Crippen LogP contribution in [0.5, 0.6) is 0 Å². The average Bonchev–Trinajstić information content (AvgIpc) is 2.67. The normalized spacial score (nSPS) is 37.5. The first kappa shape index (κ1) is 6.62. The van der Waals surface area contributed by atoms with Gasteiger partial charge in [-0.25, -0.2) is 0 Å². The Morgan fingerprint density at radius 2 is 2.30 bits per heavy atom. The second-order valence-electron chi connectivity index (χ2n) is 3.75. The Balaban J connectivity index is 1.92. The fourth-order valence-electron chi connectivity index (χ4n) is 1.47. The van der Waals surface area contributed by atoms with Crippen LogP contribution in [0.15, 0.2) is 0 Å². The lowest BCUT2D eigenvalue weighted by molar-refractivity contribution is 0.0550. The predicted octanol–water partition coefficient (Wildman–Crippen LogP) is 0.775. The summed E-state index contributed by atoms with van der Waals surface area (Å²) in [7, 11) is 0. The molecular formula is C8H15NO. The van der Waals surface area contributed by atoms with E-state index in [1.54, 1.807) is 0 Å². The van der Waals surface area contributed by atoms with Crippen molar-refractivity contribution in [2.75, 3.05) is 19.7 Å². The third-order valence-electron chi connectivity index (χ3n) is 2.56. The molecule has 0 amide bonds. The summed E-state index contributed by atoms with van der Waals surface area (Å²) in [6, 6.07) is 0. The van der Waals surface area contributed by atoms with Gasteiger partial charge in [0.1, 0.15) is 0 Å². The molecule has 2 nitrogen and oxygen atoms in total. The zero-order valence-corrected chi connectivity index (χ0v) is 6.52. The van der Waals surface area contributed by atoms with Crippen molar-refractivity contribution in [2.45, 2.75) is 25.9 Å². The molecule has 2 rings (SSSR count). The van der Waals surface area contributed by atoms with Gasteiger partial charge in [0.2, 0.25) is 0 Å². The van der Waals surface area contributed by atoms with Gasteiger partial charge in [-0.3, -0.25) is 0 Å². The second kappa shape index (κ2) is 2.21. The van der Waals surface area contributed by atoms with E-state index in [0.29, 0.717) is 11.5 Å². The van der Waals surface area contributed by atoms with E-state index in [9.17, 15) is 0 Å². The van der Waals surface area contributed by atoms with Crippen molar-refractivity contribution in [2.24, 2.45) is 5.41 Å². The Hall–Kier alpha value is -0.0800. The van der Waals surface area contributed by atoms with Gasteiger partial charge >= 0.3 is 0 Å². The van der Waals surface area contributed by atoms with Crippen molar-refractivity contribution in [3.05, 3.63) is 0 Å². The van der Waals surface area contributed by atoms with Gasteiger partial charge in [-0.15, -0.1) is 0 Å². The topological polar surface area (TPSA) is 21.3 Å². The van der Waals surface area contributed by atoms with Gasteiger partial charge in [-0.05, 0) is 19.8 Å². The van der Waals surface area contributed by atoms with Crippen molar-refractivity contribution in [1.82, 2.24) is 5.32 Å². The third-order valence-corrected chi connectivity index (χ3v) is 2.56. The van der Waals surface area contributed by atoms with Crippen molar-refractivity contribution in [3.63, 3.8) is 0 Å². The highest BCUT2D eigenvalue weighted by Crippen LogP contribution is 2.45. The number of hydrogen-bond donors (Lipinski definition) is 1. The molecule has 58 valence electrons. The second-order valence-corrected chi connectivity index (χ2v) is 3.75. The molecule has 0 unspecified atom stereocenters. The van der Waals surface area contributed by atoms with Crippen LogP contribution in [-0.4, -0.2) is 25.8 Å². The maximum absolute atomic E-state index is 5.62. The lowest BCUT2D eigenvalue weighted by Gasteiger charge is -2.10. The van der Waals surface area contributed by atoms with Gasteiger partial charge < -0.3 is 10.1 Å². The van der Waals surface area contributed by atoms with Crippen LogP contribution in [0, 0.1) is 5.41 Å². The number of ether oxygens (including phenoxy) is 1. The molecule has 0 aromatic carbocycles. The summed E-state index contributed by atoms with van der Waals surface area (Å²) in [6.07, 6.45) is 3.15. The molecule has 1 saturated carbocycles. The molecule has 0 bridgehead atoms. The van der Waals surface area contributed by atoms with Crippen molar-refractivity contribution in [3.8, 4) is 0 Å². The molecular weight excluding hydrogens is 126 g/mol. The molecule has 1 spiro atoms. The molecule has 1 aliphatic carbocycles. The number of rotatable bonds is 0. The van der Waals surface area contributed by atoms with Gasteiger partial charge in [0, 0.05) is 18.5 Å². The summed E-state index contributed by atoms with van der Waals surface area (Å²) in [6.45, 7) is 5.33. The minimum Gasteiger partial charge on any atom is -0.377 e. The van der Waals surface area contributed by atoms with E-state index in [2.05, 4.69) is 12.2 Å². The third kappa shape index (κ3) is 1.18. The van der Waals surface area contributed by atoms with E-state index >= 15 is 0 Å². The van der Waals surface area contributed by atoms with Crippen molar-refractivity contribution >= 4 is 0 Å². The van der Waals surface area contributed by atoms with E-state index in [0.717, 1.165) is 13.2 Å². The van der Waals surface area contributed by atoms with Crippen LogP contribution in [0.2, 0.25) is 0 Å². The maximum Gasteiger partial charge on any atom is 0.0671 e. The van der Waals surface area contributed by atoms with Crippen LogP contribution < -0.4 is 5.32 Å². The van der Waals surface area contributed by atoms with E-state index in [1.807, 2.05) is 0 Å². The van der Waals surface area contributed by atoms with Crippen LogP contribution in [-0.2, 0) is 4.74 Å². The lowest BCUT2D eigenvalue weighted by Crippen LogP contribution is -2.25. The smallest absolute Gasteiger partial charge is 0.0671 e. The molecule has 1 aliphatic heterocycles. The lowest BCUT2D eigenvalue weighted by atomic mass is 10.1. The molecule has 0 radical (unpaired) electrons. The van der Waals surface area contributed by atoms with E-state index in [-0.39, 0.29) is 0 Å². The monoisotopic (exact) mass is 141 g/mol. The Morgan fingerprint density at radius 3 is 3.00 bits per heavy atom. The summed E-state index contributed by atoms with van der Waals surface area (Å²) in [4.78, 5) is 0. The quantitative estimate of drug-likeness (QED) is 0.538. The van der Waals surface area contributed by atoms with Gasteiger partial charge in [0.15, 0.2) is 0 Å². The van der Waals surface area contributed by atoms with Crippen molar-refractivity contribution in [1.29, 1.82) is 0 Å². The van der Waals surface area contributed by atoms with E-state index in [1.165, 1.54) is 19.4 Å². The largest absolute Gasteiger partial charge is 0.377 e. The van der Waals surface area contributed by atoms with Crippen molar-refractivity contribution < 1.29 is 4.74 Å². The molecule has 0 aromatic rings. The summed E-state index contributed by atoms with van der Waals surface area (Å²) in [5.41, 5.74) is 0.560. The van der Waals surface area contributed by atoms with Gasteiger partial charge in [-0.2, -0.15) is 0 Å². The first-order valence-corrected chi connectivity index (χ1v) is 4.13. The fourth-order valence-corrected chi connectivity index (χ4v) is 1.47. The van der Waals surface area contributed by atoms with Crippen LogP contribution in [0.25, 0.3) is 0 Å². The highest BCUT2D eigenvalue weighted by atomic mass is 16.5. The highest BCUT2D eigenvalue weighted by Gasteiger charge is 2.43. The Morgan fingerprint density at radius 1 is 1.50 bits per heavy atom. The SMILES string of the molecule is C[C@@H]1CNCC2(CC2)CO1. The zero-order chi connectivity index (χ0) is 7.03. The average molecular weight is 141 g/mol. The zero-order valence-electron chi connectivity index (χ0n) is 6.52. The molecule has 2 aliphatic rings. The number of nitrogens with one attached hydrogen (secondary N) is 1. The Kier molecular flexibility index (Phi) is 1.46. The fraction of sp³-hybridized carbons (Fsp3) is 1.00. The first-order valence-electron chi connectivity index (χ1n) is 4.13. The Bertz CT molecular complexity index is 131. The minimum absolute atomic E-state index is 0.417. The minimum atomic E-state index is 0.417. The molecule has 1 atom stereocenters. The Labute approximate surface area is 61.9 Å². The summed E-state index contributed by atoms with van der Waals surface area (Å²) >= 11 is 0. The summed E-state index contributed by atoms with van der Waals surface area (Å²) in [5, 5.41) is 3.42. The predicted molar refractivity (Wildman–Crippen MR) is 40.0 cm³/mol. The first-order chi connectivity index (χ1) is 4.81. The van der Waals surface area contributed by atoms with Crippen LogP contribution in [0.4, 0.5) is 0 Å². The van der Waals surface area contributed by atoms with Crippen LogP contribution in [0.3, 0.4) is 0 Å². The molecule has 1 saturated heterocycles. The van der Waals surface area contributed by atoms with Gasteiger partial charge in [0.25, 0.3) is 0 Å². The number of hydrogen-bond acceptors (Lipinski definition) is 2. The van der Waals surface area contributed by atoms with Gasteiger partial charge in [0.05, 0.1) is 12.7 Å². The van der Waals surface area contributed by atoms with E-state index < -0.39 is 0 Å². The highest BCUT2D eigenvalue weighted by molar-refractivity contribution is 4.96. The van der Waals surface area contributed by atoms with E-state index in [4.69, 9.17) is 4.74 Å². The van der Waals surface area contributed by atoms with Crippen LogP contribution >= 0.6 is 0 Å². The van der Waals surface area contributed by atoms with Gasteiger partial charge in [-0.1, -0.05) is 0 Å². The van der Waals surface area contributed by atoms with Crippen LogP contribution in [0.1, 0.15) is 19.8 Å². The summed E-state index contributed by atoms with van der Waals surface area (Å²) < 4.78 is 5.62. The molecule has 2 fully saturated rings.